The number of hydrogen-bond acceptors (Lipinski definition) is 4. The standard InChI is InChI=1S/C16H18N2OS/c1-11-6-15(20-12(11)2)10-18-9-14-7-13(8-17)4-5-16(14)19-3/h4-7,18H,9-10H2,1-3H3. The fraction of sp³-hybridized carbons (Fsp3) is 0.312. The smallest absolute Gasteiger partial charge is 0.123 e. The SMILES string of the molecule is COc1ccc(C#N)cc1CNCc1cc(C)c(C)s1. The quantitative estimate of drug-likeness (QED) is 0.914. The molecule has 0 aliphatic rings. The van der Waals surface area contributed by atoms with Gasteiger partial charge in [-0.1, -0.05) is 0 Å². The maximum atomic E-state index is 8.95. The Morgan fingerprint density at radius 2 is 2.05 bits per heavy atom. The van der Waals surface area contributed by atoms with E-state index in [1.807, 2.05) is 23.5 Å². The van der Waals surface area contributed by atoms with E-state index in [0.29, 0.717) is 12.1 Å². The molecule has 4 heteroatoms. The van der Waals surface area contributed by atoms with E-state index in [4.69, 9.17) is 10.00 Å². The highest BCUT2D eigenvalue weighted by atomic mass is 32.1. The zero-order valence-electron chi connectivity index (χ0n) is 12.0. The molecule has 1 heterocycles. The number of aryl methyl sites for hydroxylation is 2. The second-order valence-electron chi connectivity index (χ2n) is 4.69. The molecule has 104 valence electrons. The van der Waals surface area contributed by atoms with Crippen molar-refractivity contribution in [2.75, 3.05) is 7.11 Å². The first-order valence-electron chi connectivity index (χ1n) is 6.47. The molecule has 0 aliphatic carbocycles. The normalized spacial score (nSPS) is 10.3. The van der Waals surface area contributed by atoms with Gasteiger partial charge in [0.2, 0.25) is 0 Å². The third-order valence-electron chi connectivity index (χ3n) is 3.24. The van der Waals surface area contributed by atoms with Gasteiger partial charge in [-0.2, -0.15) is 5.26 Å². The second-order valence-corrected chi connectivity index (χ2v) is 6.03. The summed E-state index contributed by atoms with van der Waals surface area (Å²) in [5, 5.41) is 12.4. The summed E-state index contributed by atoms with van der Waals surface area (Å²) >= 11 is 1.82. The zero-order chi connectivity index (χ0) is 14.5. The van der Waals surface area contributed by atoms with Gasteiger partial charge in [-0.25, -0.2) is 0 Å². The van der Waals surface area contributed by atoms with Crippen LogP contribution in [0.3, 0.4) is 0 Å². The lowest BCUT2D eigenvalue weighted by molar-refractivity contribution is 0.407. The number of nitrogens with zero attached hydrogens (tertiary/aromatic N) is 1. The van der Waals surface area contributed by atoms with Crippen LogP contribution in [0.25, 0.3) is 0 Å². The zero-order valence-corrected chi connectivity index (χ0v) is 12.8. The van der Waals surface area contributed by atoms with Crippen LogP contribution in [0.1, 0.15) is 26.4 Å². The topological polar surface area (TPSA) is 45.0 Å². The van der Waals surface area contributed by atoms with Gasteiger partial charge in [-0.3, -0.25) is 0 Å². The molecule has 1 aromatic heterocycles. The van der Waals surface area contributed by atoms with Crippen LogP contribution in [0.2, 0.25) is 0 Å². The first-order valence-corrected chi connectivity index (χ1v) is 7.29. The second kappa shape index (κ2) is 6.56. The molecule has 0 unspecified atom stereocenters. The number of nitriles is 1. The highest BCUT2D eigenvalue weighted by molar-refractivity contribution is 7.12. The fourth-order valence-electron chi connectivity index (χ4n) is 2.04. The molecule has 3 nitrogen and oxygen atoms in total. The van der Waals surface area contributed by atoms with Gasteiger partial charge >= 0.3 is 0 Å². The molecule has 0 amide bonds. The first kappa shape index (κ1) is 14.6. The Kier molecular flexibility index (Phi) is 4.78. The lowest BCUT2D eigenvalue weighted by atomic mass is 10.1. The van der Waals surface area contributed by atoms with Crippen LogP contribution >= 0.6 is 11.3 Å². The minimum atomic E-state index is 0.658. The van der Waals surface area contributed by atoms with Gasteiger partial charge in [0.15, 0.2) is 0 Å². The van der Waals surface area contributed by atoms with Gasteiger partial charge in [0, 0.05) is 28.4 Å². The molecule has 0 radical (unpaired) electrons. The van der Waals surface area contributed by atoms with Crippen LogP contribution in [-0.2, 0) is 13.1 Å². The molecule has 0 saturated carbocycles. The Labute approximate surface area is 123 Å². The largest absolute Gasteiger partial charge is 0.496 e. The van der Waals surface area contributed by atoms with E-state index in [-0.39, 0.29) is 0 Å². The van der Waals surface area contributed by atoms with Crippen LogP contribution in [0.5, 0.6) is 5.75 Å². The Morgan fingerprint density at radius 3 is 2.65 bits per heavy atom. The van der Waals surface area contributed by atoms with Crippen molar-refractivity contribution in [2.45, 2.75) is 26.9 Å². The molecule has 0 fully saturated rings. The van der Waals surface area contributed by atoms with Crippen LogP contribution in [0.15, 0.2) is 24.3 Å². The summed E-state index contributed by atoms with van der Waals surface area (Å²) in [7, 11) is 1.65. The number of thiophene rings is 1. The number of hydrogen-bond donors (Lipinski definition) is 1. The Bertz CT molecular complexity index is 621. The predicted octanol–water partition coefficient (Wildman–Crippen LogP) is 3.54. The lowest BCUT2D eigenvalue weighted by Crippen LogP contribution is -2.12. The molecule has 0 atom stereocenters. The van der Waals surface area contributed by atoms with Crippen molar-refractivity contribution >= 4 is 11.3 Å². The number of ether oxygens (including phenoxy) is 1. The Balaban J connectivity index is 2.01. The third kappa shape index (κ3) is 3.38. The van der Waals surface area contributed by atoms with Crippen molar-refractivity contribution in [3.8, 4) is 11.8 Å². The number of methoxy groups -OCH3 is 1. The summed E-state index contributed by atoms with van der Waals surface area (Å²) in [6, 6.07) is 9.86. The molecular formula is C16H18N2OS. The van der Waals surface area contributed by atoms with E-state index in [2.05, 4.69) is 31.3 Å². The summed E-state index contributed by atoms with van der Waals surface area (Å²) in [5.41, 5.74) is 3.01. The third-order valence-corrected chi connectivity index (χ3v) is 4.39. The van der Waals surface area contributed by atoms with Gasteiger partial charge in [0.1, 0.15) is 5.75 Å². The van der Waals surface area contributed by atoms with Crippen molar-refractivity contribution < 1.29 is 4.74 Å². The van der Waals surface area contributed by atoms with E-state index in [9.17, 15) is 0 Å². The van der Waals surface area contributed by atoms with Crippen molar-refractivity contribution in [2.24, 2.45) is 0 Å². The van der Waals surface area contributed by atoms with E-state index in [1.165, 1.54) is 15.3 Å². The molecule has 2 rings (SSSR count). The van der Waals surface area contributed by atoms with Crippen LogP contribution in [0.4, 0.5) is 0 Å². The van der Waals surface area contributed by atoms with Gasteiger partial charge in [0.25, 0.3) is 0 Å². The maximum Gasteiger partial charge on any atom is 0.123 e. The molecule has 0 bridgehead atoms. The molecular weight excluding hydrogens is 268 g/mol. The van der Waals surface area contributed by atoms with E-state index >= 15 is 0 Å². The minimum Gasteiger partial charge on any atom is -0.496 e. The average Bonchev–Trinajstić information content (AvgIpc) is 2.77. The molecule has 1 aromatic carbocycles. The maximum absolute atomic E-state index is 8.95. The van der Waals surface area contributed by atoms with E-state index in [1.54, 1.807) is 13.2 Å². The van der Waals surface area contributed by atoms with Crippen LogP contribution in [0, 0.1) is 25.2 Å². The highest BCUT2D eigenvalue weighted by Gasteiger charge is 2.05. The Hall–Kier alpha value is -1.83. The summed E-state index contributed by atoms with van der Waals surface area (Å²) in [6.07, 6.45) is 0. The summed E-state index contributed by atoms with van der Waals surface area (Å²) in [4.78, 5) is 2.70. The number of benzene rings is 1. The molecule has 2 aromatic rings. The van der Waals surface area contributed by atoms with Crippen LogP contribution in [-0.4, -0.2) is 7.11 Å². The molecule has 20 heavy (non-hydrogen) atoms. The van der Waals surface area contributed by atoms with Gasteiger partial charge in [-0.05, 0) is 43.7 Å². The number of nitrogens with one attached hydrogen (secondary N) is 1. The summed E-state index contributed by atoms with van der Waals surface area (Å²) < 4.78 is 5.32. The van der Waals surface area contributed by atoms with Gasteiger partial charge in [0.05, 0.1) is 18.7 Å². The molecule has 0 aliphatic heterocycles. The van der Waals surface area contributed by atoms with Crippen molar-refractivity contribution in [3.63, 3.8) is 0 Å². The number of rotatable bonds is 5. The van der Waals surface area contributed by atoms with E-state index in [0.717, 1.165) is 17.9 Å². The molecule has 0 saturated heterocycles. The summed E-state index contributed by atoms with van der Waals surface area (Å²) in [5.74, 6) is 0.815. The minimum absolute atomic E-state index is 0.658. The molecule has 1 N–H and O–H groups in total. The first-order chi connectivity index (χ1) is 9.63. The lowest BCUT2D eigenvalue weighted by Gasteiger charge is -2.09. The van der Waals surface area contributed by atoms with Gasteiger partial charge < -0.3 is 10.1 Å². The predicted molar refractivity (Wildman–Crippen MR) is 82.0 cm³/mol. The van der Waals surface area contributed by atoms with E-state index < -0.39 is 0 Å². The summed E-state index contributed by atoms with van der Waals surface area (Å²) in [6.45, 7) is 5.80. The van der Waals surface area contributed by atoms with Crippen molar-refractivity contribution in [1.29, 1.82) is 5.26 Å². The highest BCUT2D eigenvalue weighted by Crippen LogP contribution is 2.22. The van der Waals surface area contributed by atoms with Crippen LogP contribution < -0.4 is 10.1 Å². The molecule has 0 spiro atoms. The Morgan fingerprint density at radius 1 is 1.25 bits per heavy atom. The van der Waals surface area contributed by atoms with Gasteiger partial charge in [-0.15, -0.1) is 11.3 Å². The van der Waals surface area contributed by atoms with Crippen molar-refractivity contribution in [1.82, 2.24) is 5.32 Å². The fourth-order valence-corrected chi connectivity index (χ4v) is 3.07. The average molecular weight is 286 g/mol. The monoisotopic (exact) mass is 286 g/mol. The van der Waals surface area contributed by atoms with Crippen molar-refractivity contribution in [3.05, 3.63) is 50.7 Å².